The molecule has 0 radical (unpaired) electrons. The summed E-state index contributed by atoms with van der Waals surface area (Å²) in [5.74, 6) is -2.35. The molecule has 2 bridgehead atoms. The summed E-state index contributed by atoms with van der Waals surface area (Å²) in [7, 11) is 0. The normalized spacial score (nSPS) is 26.9. The number of aromatic nitrogens is 1. The van der Waals surface area contributed by atoms with Crippen LogP contribution in [-0.2, 0) is 12.3 Å². The van der Waals surface area contributed by atoms with Gasteiger partial charge >= 0.3 is 0 Å². The number of halogens is 4. The molecule has 5 heteroatoms. The Labute approximate surface area is 169 Å². The highest BCUT2D eigenvalue weighted by Crippen LogP contribution is 2.82. The summed E-state index contributed by atoms with van der Waals surface area (Å²) in [6.45, 7) is 6.20. The molecule has 0 spiro atoms. The molecule has 1 atom stereocenters. The monoisotopic (exact) mass is 405 g/mol. The molecule has 3 aliphatic rings. The highest BCUT2D eigenvalue weighted by molar-refractivity contribution is 5.34. The Morgan fingerprint density at radius 2 is 1.62 bits per heavy atom. The van der Waals surface area contributed by atoms with Gasteiger partial charge in [0.25, 0.3) is 12.3 Å². The summed E-state index contributed by atoms with van der Waals surface area (Å²) < 4.78 is 56.0. The molecule has 1 aromatic heterocycles. The van der Waals surface area contributed by atoms with E-state index in [9.17, 15) is 8.78 Å². The van der Waals surface area contributed by atoms with E-state index >= 15 is 8.78 Å². The molecule has 1 aromatic carbocycles. The standard InChI is InChI=1S/C24H27F4N/c1-15(2)22-12-23(13-22,14-22)24(27,28)19-6-4-17(5-7-19)10-16(3)18-8-9-29-20(11-18)21(25)26/h4-9,11,15-16,21H,10,12-14H2,1-3H3. The molecule has 1 nitrogen and oxygen atoms in total. The predicted octanol–water partition coefficient (Wildman–Crippen LogP) is 7.28. The number of hydrogen-bond acceptors (Lipinski definition) is 1. The molecule has 3 fully saturated rings. The number of pyridine rings is 1. The maximum atomic E-state index is 15.2. The summed E-state index contributed by atoms with van der Waals surface area (Å²) >= 11 is 0. The van der Waals surface area contributed by atoms with Gasteiger partial charge in [0.2, 0.25) is 0 Å². The highest BCUT2D eigenvalue weighted by atomic mass is 19.3. The van der Waals surface area contributed by atoms with Crippen LogP contribution in [0, 0.1) is 16.7 Å². The zero-order valence-corrected chi connectivity index (χ0v) is 17.1. The van der Waals surface area contributed by atoms with E-state index in [2.05, 4.69) is 18.8 Å². The quantitative estimate of drug-likeness (QED) is 0.441. The van der Waals surface area contributed by atoms with Gasteiger partial charge in [-0.15, -0.1) is 0 Å². The second-order valence-corrected chi connectivity index (χ2v) is 9.52. The van der Waals surface area contributed by atoms with Crippen LogP contribution in [0.3, 0.4) is 0 Å². The smallest absolute Gasteiger partial charge is 0.255 e. The van der Waals surface area contributed by atoms with Gasteiger partial charge in [-0.1, -0.05) is 45.0 Å². The first-order valence-electron chi connectivity index (χ1n) is 10.3. The molecule has 5 rings (SSSR count). The van der Waals surface area contributed by atoms with E-state index in [1.54, 1.807) is 30.3 Å². The maximum absolute atomic E-state index is 15.2. The fraction of sp³-hybridized carbons (Fsp3) is 0.542. The lowest BCUT2D eigenvalue weighted by atomic mass is 9.30. The van der Waals surface area contributed by atoms with Crippen LogP contribution in [0.2, 0.25) is 0 Å². The molecule has 3 aliphatic carbocycles. The third-order valence-electron chi connectivity index (χ3n) is 7.42. The Morgan fingerprint density at radius 3 is 2.17 bits per heavy atom. The lowest BCUT2D eigenvalue weighted by molar-refractivity contribution is -0.335. The number of hydrogen-bond donors (Lipinski definition) is 0. The van der Waals surface area contributed by atoms with Crippen molar-refractivity contribution in [1.82, 2.24) is 4.98 Å². The van der Waals surface area contributed by atoms with Crippen molar-refractivity contribution in [2.45, 2.75) is 64.7 Å². The lowest BCUT2D eigenvalue weighted by Gasteiger charge is -2.74. The van der Waals surface area contributed by atoms with E-state index < -0.39 is 17.8 Å². The Balaban J connectivity index is 1.44. The Morgan fingerprint density at radius 1 is 1.00 bits per heavy atom. The van der Waals surface area contributed by atoms with Crippen molar-refractivity contribution >= 4 is 0 Å². The van der Waals surface area contributed by atoms with Crippen LogP contribution >= 0.6 is 0 Å². The van der Waals surface area contributed by atoms with Crippen molar-refractivity contribution in [2.24, 2.45) is 16.7 Å². The molecule has 2 aromatic rings. The molecule has 29 heavy (non-hydrogen) atoms. The van der Waals surface area contributed by atoms with E-state index in [-0.39, 0.29) is 22.6 Å². The topological polar surface area (TPSA) is 12.9 Å². The van der Waals surface area contributed by atoms with Crippen LogP contribution in [0.15, 0.2) is 42.6 Å². The van der Waals surface area contributed by atoms with Gasteiger partial charge < -0.3 is 0 Å². The number of benzene rings is 1. The van der Waals surface area contributed by atoms with Crippen LogP contribution < -0.4 is 0 Å². The van der Waals surface area contributed by atoms with Crippen LogP contribution in [0.4, 0.5) is 17.6 Å². The minimum atomic E-state index is -2.80. The summed E-state index contributed by atoms with van der Waals surface area (Å²) in [5, 5.41) is 0. The van der Waals surface area contributed by atoms with E-state index in [0.29, 0.717) is 31.6 Å². The van der Waals surface area contributed by atoms with Gasteiger partial charge in [0.1, 0.15) is 5.69 Å². The van der Waals surface area contributed by atoms with Gasteiger partial charge in [0.05, 0.1) is 0 Å². The van der Waals surface area contributed by atoms with Crippen molar-refractivity contribution in [3.8, 4) is 0 Å². The van der Waals surface area contributed by atoms with Gasteiger partial charge in [-0.05, 0) is 66.2 Å². The van der Waals surface area contributed by atoms with Crippen LogP contribution in [0.1, 0.15) is 74.8 Å². The van der Waals surface area contributed by atoms with Crippen LogP contribution in [0.5, 0.6) is 0 Å². The van der Waals surface area contributed by atoms with Gasteiger partial charge in [0, 0.05) is 17.2 Å². The van der Waals surface area contributed by atoms with Crippen LogP contribution in [-0.4, -0.2) is 4.98 Å². The van der Waals surface area contributed by atoms with Gasteiger partial charge in [-0.3, -0.25) is 4.98 Å². The zero-order valence-electron chi connectivity index (χ0n) is 17.1. The summed E-state index contributed by atoms with van der Waals surface area (Å²) in [4.78, 5) is 3.69. The number of rotatable bonds is 7. The summed E-state index contributed by atoms with van der Waals surface area (Å²) in [5.41, 5.74) is 0.841. The van der Waals surface area contributed by atoms with Gasteiger partial charge in [-0.2, -0.15) is 0 Å². The van der Waals surface area contributed by atoms with E-state index in [0.717, 1.165) is 11.1 Å². The van der Waals surface area contributed by atoms with Gasteiger partial charge in [-0.25, -0.2) is 17.6 Å². The largest absolute Gasteiger partial charge is 0.280 e. The average Bonchev–Trinajstić information content (AvgIpc) is 2.59. The Kier molecular flexibility index (Phi) is 4.79. The minimum Gasteiger partial charge on any atom is -0.255 e. The number of alkyl halides is 4. The van der Waals surface area contributed by atoms with E-state index in [1.165, 1.54) is 12.3 Å². The lowest BCUT2D eigenvalue weighted by Crippen LogP contribution is -2.69. The number of nitrogens with zero attached hydrogens (tertiary/aromatic N) is 1. The second-order valence-electron chi connectivity index (χ2n) is 9.52. The fourth-order valence-corrected chi connectivity index (χ4v) is 5.33. The van der Waals surface area contributed by atoms with Crippen LogP contribution in [0.25, 0.3) is 0 Å². The molecule has 1 heterocycles. The van der Waals surface area contributed by atoms with E-state index in [4.69, 9.17) is 0 Å². The maximum Gasteiger partial charge on any atom is 0.280 e. The molecule has 156 valence electrons. The Bertz CT molecular complexity index is 868. The van der Waals surface area contributed by atoms with Gasteiger partial charge in [0.15, 0.2) is 0 Å². The van der Waals surface area contributed by atoms with Crippen molar-refractivity contribution < 1.29 is 17.6 Å². The zero-order chi connectivity index (χ0) is 21.0. The first kappa shape index (κ1) is 20.4. The first-order chi connectivity index (χ1) is 13.6. The van der Waals surface area contributed by atoms with Crippen molar-refractivity contribution in [1.29, 1.82) is 0 Å². The Hall–Kier alpha value is -1.91. The third-order valence-corrected chi connectivity index (χ3v) is 7.42. The van der Waals surface area contributed by atoms with Crippen molar-refractivity contribution in [2.75, 3.05) is 0 Å². The SMILES string of the molecule is CC(Cc1ccc(C(F)(F)C23CC(C(C)C)(C2)C3)cc1)c1ccnc(C(F)F)c1. The predicted molar refractivity (Wildman–Crippen MR) is 105 cm³/mol. The summed E-state index contributed by atoms with van der Waals surface area (Å²) in [6.07, 6.45) is 1.26. The molecule has 0 aliphatic heterocycles. The van der Waals surface area contributed by atoms with E-state index in [1.807, 2.05) is 6.92 Å². The van der Waals surface area contributed by atoms with Crippen molar-refractivity contribution in [3.05, 3.63) is 65.0 Å². The fourth-order valence-electron chi connectivity index (χ4n) is 5.33. The minimum absolute atomic E-state index is 0.00891. The molecular formula is C24H27F4N. The molecule has 0 amide bonds. The van der Waals surface area contributed by atoms with Crippen molar-refractivity contribution in [3.63, 3.8) is 0 Å². The molecule has 1 unspecified atom stereocenters. The molecule has 0 N–H and O–H groups in total. The molecular weight excluding hydrogens is 378 g/mol. The highest BCUT2D eigenvalue weighted by Gasteiger charge is 2.77. The molecule has 0 saturated heterocycles. The summed E-state index contributed by atoms with van der Waals surface area (Å²) in [6, 6.07) is 9.73. The second kappa shape index (κ2) is 6.82. The first-order valence-corrected chi connectivity index (χ1v) is 10.3. The molecule has 3 saturated carbocycles. The third kappa shape index (κ3) is 3.17. The average molecular weight is 405 g/mol.